The number of piperazine rings is 1. The van der Waals surface area contributed by atoms with Gasteiger partial charge in [0.2, 0.25) is 10.0 Å². The number of aliphatic hydroxyl groups excluding tert-OH is 1. The number of β-amino-alcohol motifs (C(OH)–C–C–N with tert-alkyl or cyclic N) is 1. The van der Waals surface area contributed by atoms with E-state index < -0.39 is 15.3 Å². The van der Waals surface area contributed by atoms with Crippen LogP contribution in [0.2, 0.25) is 0 Å². The summed E-state index contributed by atoms with van der Waals surface area (Å²) in [5, 5.41) is 8.37. The first kappa shape index (κ1) is 17.8. The van der Waals surface area contributed by atoms with Gasteiger partial charge < -0.3 is 9.84 Å². The highest BCUT2D eigenvalue weighted by atomic mass is 32.2. The molecule has 20 heavy (non-hydrogen) atoms. The minimum absolute atomic E-state index is 0.116. The molecule has 0 aromatic rings. The Bertz CT molecular complexity index is 367. The van der Waals surface area contributed by atoms with Gasteiger partial charge in [-0.3, -0.25) is 4.90 Å². The molecule has 1 N–H and O–H groups in total. The molecule has 6 nitrogen and oxygen atoms in total. The van der Waals surface area contributed by atoms with Crippen LogP contribution in [0, 0.1) is 0 Å². The van der Waals surface area contributed by atoms with E-state index >= 15 is 0 Å². The Balaban J connectivity index is 2.56. The van der Waals surface area contributed by atoms with Gasteiger partial charge in [-0.1, -0.05) is 6.92 Å². The van der Waals surface area contributed by atoms with E-state index in [9.17, 15) is 8.42 Å². The predicted molar refractivity (Wildman–Crippen MR) is 79.2 cm³/mol. The summed E-state index contributed by atoms with van der Waals surface area (Å²) in [6.45, 7) is 9.20. The summed E-state index contributed by atoms with van der Waals surface area (Å²) in [6.07, 6.45) is 0.590. The molecule has 1 aliphatic rings. The second-order valence-corrected chi connectivity index (χ2v) is 7.58. The third kappa shape index (κ3) is 4.66. The largest absolute Gasteiger partial charge is 0.395 e. The summed E-state index contributed by atoms with van der Waals surface area (Å²) in [4.78, 5) is 2.08. The Morgan fingerprint density at radius 2 is 1.80 bits per heavy atom. The number of hydrogen-bond donors (Lipinski definition) is 1. The van der Waals surface area contributed by atoms with Crippen LogP contribution in [0.15, 0.2) is 0 Å². The molecule has 0 aliphatic carbocycles. The molecule has 1 heterocycles. The molecule has 1 rings (SSSR count). The second-order valence-electron chi connectivity index (χ2n) is 5.29. The van der Waals surface area contributed by atoms with Crippen molar-refractivity contribution in [2.24, 2.45) is 0 Å². The Hall–Kier alpha value is -0.210. The van der Waals surface area contributed by atoms with E-state index in [0.29, 0.717) is 39.3 Å². The van der Waals surface area contributed by atoms with Crippen molar-refractivity contribution in [3.05, 3.63) is 0 Å². The van der Waals surface area contributed by atoms with E-state index in [2.05, 4.69) is 4.90 Å². The molecule has 1 aliphatic heterocycles. The highest BCUT2D eigenvalue weighted by Gasteiger charge is 2.34. The lowest BCUT2D eigenvalue weighted by Crippen LogP contribution is -2.52. The van der Waals surface area contributed by atoms with Gasteiger partial charge in [-0.25, -0.2) is 8.42 Å². The highest BCUT2D eigenvalue weighted by molar-refractivity contribution is 7.89. The van der Waals surface area contributed by atoms with Crippen molar-refractivity contribution in [1.29, 1.82) is 0 Å². The standard InChI is InChI=1S/C13H28N2O4S/c1-4-11-19-12(2)13(3)20(17,18)15-7-5-14(6-8-15)9-10-16/h12-13,16H,4-11H2,1-3H3/t12-,13?/m1/s1. The molecular formula is C13H28N2O4S. The number of sulfonamides is 1. The van der Waals surface area contributed by atoms with Gasteiger partial charge in [0.25, 0.3) is 0 Å². The van der Waals surface area contributed by atoms with Gasteiger partial charge in [0, 0.05) is 39.3 Å². The van der Waals surface area contributed by atoms with Crippen molar-refractivity contribution in [2.45, 2.75) is 38.5 Å². The lowest BCUT2D eigenvalue weighted by molar-refractivity contribution is 0.0642. The summed E-state index contributed by atoms with van der Waals surface area (Å²) < 4.78 is 32.2. The number of nitrogens with zero attached hydrogens (tertiary/aromatic N) is 2. The second kappa shape index (κ2) is 8.29. The van der Waals surface area contributed by atoms with Crippen molar-refractivity contribution in [3.8, 4) is 0 Å². The zero-order valence-electron chi connectivity index (χ0n) is 12.8. The fraction of sp³-hybridized carbons (Fsp3) is 1.00. The maximum Gasteiger partial charge on any atom is 0.219 e. The Morgan fingerprint density at radius 1 is 1.20 bits per heavy atom. The summed E-state index contributed by atoms with van der Waals surface area (Å²) in [5.41, 5.74) is 0. The van der Waals surface area contributed by atoms with E-state index in [0.717, 1.165) is 6.42 Å². The summed E-state index contributed by atoms with van der Waals surface area (Å²) in [6, 6.07) is 0. The van der Waals surface area contributed by atoms with E-state index in [1.165, 1.54) is 0 Å². The van der Waals surface area contributed by atoms with E-state index in [1.54, 1.807) is 11.2 Å². The molecule has 0 spiro atoms. The number of hydrogen-bond acceptors (Lipinski definition) is 5. The highest BCUT2D eigenvalue weighted by Crippen LogP contribution is 2.17. The SMILES string of the molecule is CCCO[C@H](C)C(C)S(=O)(=O)N1CCN(CCO)CC1. The smallest absolute Gasteiger partial charge is 0.219 e. The van der Waals surface area contributed by atoms with Crippen LogP contribution in [0.3, 0.4) is 0 Å². The molecule has 120 valence electrons. The van der Waals surface area contributed by atoms with Crippen LogP contribution in [-0.2, 0) is 14.8 Å². The third-order valence-corrected chi connectivity index (χ3v) is 6.23. The minimum atomic E-state index is -3.31. The van der Waals surface area contributed by atoms with Crippen molar-refractivity contribution in [1.82, 2.24) is 9.21 Å². The average Bonchev–Trinajstić information content (AvgIpc) is 2.44. The van der Waals surface area contributed by atoms with Crippen molar-refractivity contribution >= 4 is 10.0 Å². The average molecular weight is 308 g/mol. The Kier molecular flexibility index (Phi) is 7.39. The lowest BCUT2D eigenvalue weighted by Gasteiger charge is -2.36. The number of rotatable bonds is 8. The summed E-state index contributed by atoms with van der Waals surface area (Å²) in [7, 11) is -3.31. The maximum absolute atomic E-state index is 12.5. The van der Waals surface area contributed by atoms with Gasteiger partial charge in [-0.05, 0) is 20.3 Å². The minimum Gasteiger partial charge on any atom is -0.395 e. The fourth-order valence-corrected chi connectivity index (χ4v) is 3.97. The van der Waals surface area contributed by atoms with Crippen molar-refractivity contribution < 1.29 is 18.3 Å². The fourth-order valence-electron chi connectivity index (χ4n) is 2.27. The molecule has 7 heteroatoms. The van der Waals surface area contributed by atoms with Crippen molar-refractivity contribution in [2.75, 3.05) is 45.9 Å². The molecule has 0 bridgehead atoms. The van der Waals surface area contributed by atoms with Crippen LogP contribution in [0.25, 0.3) is 0 Å². The lowest BCUT2D eigenvalue weighted by atomic mass is 10.3. The van der Waals surface area contributed by atoms with E-state index in [1.807, 2.05) is 13.8 Å². The van der Waals surface area contributed by atoms with Crippen molar-refractivity contribution in [3.63, 3.8) is 0 Å². The van der Waals surface area contributed by atoms with Crippen LogP contribution in [0.4, 0.5) is 0 Å². The molecule has 0 amide bonds. The maximum atomic E-state index is 12.5. The van der Waals surface area contributed by atoms with Gasteiger partial charge in [-0.2, -0.15) is 4.31 Å². The van der Waals surface area contributed by atoms with Gasteiger partial charge in [0.15, 0.2) is 0 Å². The first-order valence-corrected chi connectivity index (χ1v) is 8.87. The zero-order chi connectivity index (χ0) is 15.2. The van der Waals surface area contributed by atoms with Gasteiger partial charge >= 0.3 is 0 Å². The molecule has 0 aromatic heterocycles. The summed E-state index contributed by atoms with van der Waals surface area (Å²) >= 11 is 0. The van der Waals surface area contributed by atoms with E-state index in [-0.39, 0.29) is 12.7 Å². The van der Waals surface area contributed by atoms with Gasteiger partial charge in [-0.15, -0.1) is 0 Å². The third-order valence-electron chi connectivity index (χ3n) is 3.82. The molecule has 1 unspecified atom stereocenters. The van der Waals surface area contributed by atoms with Crippen LogP contribution < -0.4 is 0 Å². The van der Waals surface area contributed by atoms with Crippen LogP contribution in [-0.4, -0.2) is 80.0 Å². The van der Waals surface area contributed by atoms with Gasteiger partial charge in [0.1, 0.15) is 0 Å². The topological polar surface area (TPSA) is 70.1 Å². The van der Waals surface area contributed by atoms with Gasteiger partial charge in [0.05, 0.1) is 18.0 Å². The predicted octanol–water partition coefficient (Wildman–Crippen LogP) is 0.130. The zero-order valence-corrected chi connectivity index (χ0v) is 13.6. The number of aliphatic hydroxyl groups is 1. The van der Waals surface area contributed by atoms with Crippen LogP contribution in [0.1, 0.15) is 27.2 Å². The molecule has 0 saturated carbocycles. The molecule has 0 radical (unpaired) electrons. The van der Waals surface area contributed by atoms with Crippen LogP contribution >= 0.6 is 0 Å². The molecular weight excluding hydrogens is 280 g/mol. The Morgan fingerprint density at radius 3 is 2.30 bits per heavy atom. The first-order chi connectivity index (χ1) is 9.43. The molecule has 0 aromatic carbocycles. The monoisotopic (exact) mass is 308 g/mol. The quantitative estimate of drug-likeness (QED) is 0.690. The van der Waals surface area contributed by atoms with Crippen LogP contribution in [0.5, 0.6) is 0 Å². The normalized spacial score (nSPS) is 21.8. The Labute approximate surface area is 122 Å². The first-order valence-electron chi connectivity index (χ1n) is 7.37. The number of ether oxygens (including phenoxy) is 1. The molecule has 1 fully saturated rings. The molecule has 1 saturated heterocycles. The molecule has 2 atom stereocenters. The summed E-state index contributed by atoms with van der Waals surface area (Å²) in [5.74, 6) is 0. The van der Waals surface area contributed by atoms with E-state index in [4.69, 9.17) is 9.84 Å².